The highest BCUT2D eigenvalue weighted by molar-refractivity contribution is 5.42. The van der Waals surface area contributed by atoms with Gasteiger partial charge in [0.1, 0.15) is 5.82 Å². The molecule has 0 radical (unpaired) electrons. The van der Waals surface area contributed by atoms with Gasteiger partial charge >= 0.3 is 0 Å². The average Bonchev–Trinajstić information content (AvgIpc) is 2.36. The second-order valence-corrected chi connectivity index (χ2v) is 4.14. The summed E-state index contributed by atoms with van der Waals surface area (Å²) in [6.07, 6.45) is -0.662. The third-order valence-electron chi connectivity index (χ3n) is 2.36. The van der Waals surface area contributed by atoms with Gasteiger partial charge in [-0.1, -0.05) is 0 Å². The molecule has 0 fully saturated rings. The summed E-state index contributed by atoms with van der Waals surface area (Å²) >= 11 is 0. The van der Waals surface area contributed by atoms with Gasteiger partial charge in [0.15, 0.2) is 0 Å². The predicted octanol–water partition coefficient (Wildman–Crippen LogP) is 1.65. The molecule has 0 amide bonds. The van der Waals surface area contributed by atoms with Crippen LogP contribution in [0.4, 0.5) is 10.1 Å². The minimum Gasteiger partial charge on any atom is -0.389 e. The van der Waals surface area contributed by atoms with Crippen LogP contribution in [0, 0.1) is 5.82 Å². The van der Waals surface area contributed by atoms with Crippen LogP contribution in [-0.2, 0) is 9.47 Å². The molecule has 102 valence electrons. The molecule has 0 aliphatic heterocycles. The van der Waals surface area contributed by atoms with Crippen molar-refractivity contribution in [3.05, 3.63) is 30.1 Å². The van der Waals surface area contributed by atoms with E-state index in [0.717, 1.165) is 5.69 Å². The highest BCUT2D eigenvalue weighted by Crippen LogP contribution is 2.08. The summed E-state index contributed by atoms with van der Waals surface area (Å²) in [6, 6.07) is 5.98. The summed E-state index contributed by atoms with van der Waals surface area (Å²) in [5, 5.41) is 12.7. The number of benzene rings is 1. The summed E-state index contributed by atoms with van der Waals surface area (Å²) in [7, 11) is 1.60. The van der Waals surface area contributed by atoms with E-state index in [-0.39, 0.29) is 18.5 Å². The minimum atomic E-state index is -0.616. The fourth-order valence-corrected chi connectivity index (χ4v) is 1.42. The average molecular weight is 257 g/mol. The molecule has 0 aliphatic carbocycles. The Morgan fingerprint density at radius 2 is 1.94 bits per heavy atom. The van der Waals surface area contributed by atoms with Crippen LogP contribution in [0.25, 0.3) is 0 Å². The summed E-state index contributed by atoms with van der Waals surface area (Å²) in [5.74, 6) is -0.280. The van der Waals surface area contributed by atoms with Crippen LogP contribution in [0.2, 0.25) is 0 Å². The van der Waals surface area contributed by atoms with E-state index in [9.17, 15) is 9.50 Å². The summed E-state index contributed by atoms with van der Waals surface area (Å²) in [5.41, 5.74) is 0.764. The molecule has 18 heavy (non-hydrogen) atoms. The molecule has 0 aromatic heterocycles. The van der Waals surface area contributed by atoms with Crippen molar-refractivity contribution in [2.75, 3.05) is 32.2 Å². The van der Waals surface area contributed by atoms with Gasteiger partial charge in [-0.3, -0.25) is 0 Å². The number of hydrogen-bond donors (Lipinski definition) is 2. The molecule has 0 aliphatic rings. The molecule has 0 saturated heterocycles. The number of methoxy groups -OCH3 is 1. The fraction of sp³-hybridized carbons (Fsp3) is 0.538. The van der Waals surface area contributed by atoms with Crippen molar-refractivity contribution >= 4 is 5.69 Å². The zero-order valence-electron chi connectivity index (χ0n) is 10.7. The summed E-state index contributed by atoms with van der Waals surface area (Å²) in [4.78, 5) is 0. The van der Waals surface area contributed by atoms with E-state index < -0.39 is 6.10 Å². The van der Waals surface area contributed by atoms with Gasteiger partial charge in [-0.05, 0) is 31.2 Å². The van der Waals surface area contributed by atoms with E-state index in [1.54, 1.807) is 19.2 Å². The highest BCUT2D eigenvalue weighted by atomic mass is 19.1. The first-order valence-electron chi connectivity index (χ1n) is 5.90. The normalized spacial score (nSPS) is 14.2. The Hall–Kier alpha value is -1.17. The Morgan fingerprint density at radius 3 is 2.56 bits per heavy atom. The van der Waals surface area contributed by atoms with Gasteiger partial charge in [-0.15, -0.1) is 0 Å². The molecule has 0 saturated carbocycles. The van der Waals surface area contributed by atoms with E-state index in [1.165, 1.54) is 12.1 Å². The Kier molecular flexibility index (Phi) is 6.64. The topological polar surface area (TPSA) is 50.7 Å². The lowest BCUT2D eigenvalue weighted by Gasteiger charge is -2.16. The lowest BCUT2D eigenvalue weighted by molar-refractivity contribution is -0.0282. The van der Waals surface area contributed by atoms with Crippen LogP contribution in [0.1, 0.15) is 6.92 Å². The Morgan fingerprint density at radius 1 is 1.28 bits per heavy atom. The van der Waals surface area contributed by atoms with Crippen molar-refractivity contribution < 1.29 is 19.0 Å². The molecule has 0 heterocycles. The second-order valence-electron chi connectivity index (χ2n) is 4.14. The zero-order valence-corrected chi connectivity index (χ0v) is 10.7. The first-order chi connectivity index (χ1) is 8.61. The molecule has 2 unspecified atom stereocenters. The molecule has 2 N–H and O–H groups in total. The fourth-order valence-electron chi connectivity index (χ4n) is 1.42. The molecule has 1 rings (SSSR count). The first-order valence-corrected chi connectivity index (χ1v) is 5.90. The molecular formula is C13H20FNO3. The van der Waals surface area contributed by atoms with E-state index >= 15 is 0 Å². The standard InChI is InChI=1S/C13H20FNO3/c1-10(8-17-2)18-9-13(16)7-15-12-5-3-11(14)4-6-12/h3-6,10,13,15-16H,7-9H2,1-2H3. The van der Waals surface area contributed by atoms with Gasteiger partial charge in [0.2, 0.25) is 0 Å². The van der Waals surface area contributed by atoms with Crippen molar-refractivity contribution in [3.63, 3.8) is 0 Å². The van der Waals surface area contributed by atoms with E-state index in [2.05, 4.69) is 5.32 Å². The number of aliphatic hydroxyl groups is 1. The quantitative estimate of drug-likeness (QED) is 0.743. The molecule has 1 aromatic carbocycles. The number of anilines is 1. The Bertz CT molecular complexity index is 332. The van der Waals surface area contributed by atoms with E-state index in [1.807, 2.05) is 6.92 Å². The maximum absolute atomic E-state index is 12.7. The van der Waals surface area contributed by atoms with Crippen LogP contribution in [0.15, 0.2) is 24.3 Å². The van der Waals surface area contributed by atoms with Crippen LogP contribution in [0.5, 0.6) is 0 Å². The number of ether oxygens (including phenoxy) is 2. The monoisotopic (exact) mass is 257 g/mol. The SMILES string of the molecule is COCC(C)OCC(O)CNc1ccc(F)cc1. The van der Waals surface area contributed by atoms with Crippen LogP contribution in [0.3, 0.4) is 0 Å². The van der Waals surface area contributed by atoms with Gasteiger partial charge in [0, 0.05) is 19.3 Å². The maximum atomic E-state index is 12.7. The number of halogens is 1. The number of nitrogens with one attached hydrogen (secondary N) is 1. The smallest absolute Gasteiger partial charge is 0.123 e. The maximum Gasteiger partial charge on any atom is 0.123 e. The molecule has 2 atom stereocenters. The predicted molar refractivity (Wildman–Crippen MR) is 68.2 cm³/mol. The number of rotatable bonds is 8. The first kappa shape index (κ1) is 14.9. The van der Waals surface area contributed by atoms with Gasteiger partial charge < -0.3 is 19.9 Å². The Labute approximate surface area is 107 Å². The van der Waals surface area contributed by atoms with Crippen LogP contribution < -0.4 is 5.32 Å². The third kappa shape index (κ3) is 5.95. The largest absolute Gasteiger partial charge is 0.389 e. The van der Waals surface area contributed by atoms with Gasteiger partial charge in [0.05, 0.1) is 25.4 Å². The van der Waals surface area contributed by atoms with E-state index in [4.69, 9.17) is 9.47 Å². The van der Waals surface area contributed by atoms with Crippen molar-refractivity contribution in [1.29, 1.82) is 0 Å². The summed E-state index contributed by atoms with van der Waals surface area (Å²) < 4.78 is 23.0. The van der Waals surface area contributed by atoms with Crippen molar-refractivity contribution in [2.45, 2.75) is 19.1 Å². The van der Waals surface area contributed by atoms with Crippen LogP contribution in [-0.4, -0.2) is 44.2 Å². The number of aliphatic hydroxyl groups excluding tert-OH is 1. The van der Waals surface area contributed by atoms with Crippen molar-refractivity contribution in [1.82, 2.24) is 0 Å². The molecule has 1 aromatic rings. The number of hydrogen-bond acceptors (Lipinski definition) is 4. The molecule has 5 heteroatoms. The van der Waals surface area contributed by atoms with Crippen LogP contribution >= 0.6 is 0 Å². The minimum absolute atomic E-state index is 0.0459. The third-order valence-corrected chi connectivity index (χ3v) is 2.36. The summed E-state index contributed by atoms with van der Waals surface area (Å²) in [6.45, 7) is 2.96. The molecule has 4 nitrogen and oxygen atoms in total. The van der Waals surface area contributed by atoms with Gasteiger partial charge in [-0.25, -0.2) is 4.39 Å². The highest BCUT2D eigenvalue weighted by Gasteiger charge is 2.07. The molecule has 0 spiro atoms. The van der Waals surface area contributed by atoms with Crippen molar-refractivity contribution in [3.8, 4) is 0 Å². The lowest BCUT2D eigenvalue weighted by Crippen LogP contribution is -2.28. The zero-order chi connectivity index (χ0) is 13.4. The lowest BCUT2D eigenvalue weighted by atomic mass is 10.3. The molecule has 0 bridgehead atoms. The Balaban J connectivity index is 2.20. The second kappa shape index (κ2) is 8.02. The van der Waals surface area contributed by atoms with Gasteiger partial charge in [-0.2, -0.15) is 0 Å². The molecular weight excluding hydrogens is 237 g/mol. The van der Waals surface area contributed by atoms with Crippen molar-refractivity contribution in [2.24, 2.45) is 0 Å². The van der Waals surface area contributed by atoms with Gasteiger partial charge in [0.25, 0.3) is 0 Å². The van der Waals surface area contributed by atoms with E-state index in [0.29, 0.717) is 13.2 Å².